The Bertz CT molecular complexity index is 579. The maximum Gasteiger partial charge on any atom is 0.185 e. The van der Waals surface area contributed by atoms with Crippen LogP contribution in [-0.4, -0.2) is 10.8 Å². The summed E-state index contributed by atoms with van der Waals surface area (Å²) < 4.78 is 25.6. The van der Waals surface area contributed by atoms with Crippen LogP contribution in [0, 0.1) is 18.6 Å². The minimum Gasteiger partial charge on any atom is -0.292 e. The van der Waals surface area contributed by atoms with E-state index in [0.717, 1.165) is 11.8 Å². The summed E-state index contributed by atoms with van der Waals surface area (Å²) in [7, 11) is 0. The summed E-state index contributed by atoms with van der Waals surface area (Å²) in [5, 5.41) is 0. The fraction of sp³-hybridized carbons (Fsp3) is 0.143. The number of pyridine rings is 1. The van der Waals surface area contributed by atoms with Gasteiger partial charge in [0.1, 0.15) is 17.3 Å². The molecule has 0 saturated carbocycles. The lowest BCUT2D eigenvalue weighted by Crippen LogP contribution is -2.07. The molecule has 0 aliphatic heterocycles. The van der Waals surface area contributed by atoms with Crippen molar-refractivity contribution < 1.29 is 13.6 Å². The first-order valence-corrected chi connectivity index (χ1v) is 5.46. The van der Waals surface area contributed by atoms with Crippen molar-refractivity contribution in [2.24, 2.45) is 0 Å². The average Bonchev–Trinajstić information content (AvgIpc) is 2.33. The van der Waals surface area contributed by atoms with E-state index in [2.05, 4.69) is 4.98 Å². The zero-order valence-electron chi connectivity index (χ0n) is 9.78. The number of carbonyl (C=O) groups is 1. The molecule has 0 saturated heterocycles. The van der Waals surface area contributed by atoms with Crippen LogP contribution in [0.1, 0.15) is 21.6 Å². The number of hydrogen-bond acceptors (Lipinski definition) is 2. The Morgan fingerprint density at radius 3 is 2.50 bits per heavy atom. The third-order valence-electron chi connectivity index (χ3n) is 2.67. The Morgan fingerprint density at radius 2 is 1.89 bits per heavy atom. The first-order chi connectivity index (χ1) is 8.56. The van der Waals surface area contributed by atoms with E-state index < -0.39 is 5.82 Å². The van der Waals surface area contributed by atoms with E-state index in [9.17, 15) is 13.6 Å². The molecule has 2 aromatic rings. The first kappa shape index (κ1) is 12.4. The molecule has 2 nitrogen and oxygen atoms in total. The maximum absolute atomic E-state index is 12.9. The van der Waals surface area contributed by atoms with Crippen LogP contribution in [0.4, 0.5) is 8.78 Å². The molecule has 0 N–H and O–H groups in total. The van der Waals surface area contributed by atoms with Crippen molar-refractivity contribution in [1.82, 2.24) is 4.98 Å². The van der Waals surface area contributed by atoms with E-state index in [1.54, 1.807) is 13.0 Å². The summed E-state index contributed by atoms with van der Waals surface area (Å²) in [5.74, 6) is -1.03. The van der Waals surface area contributed by atoms with Gasteiger partial charge in [-0.15, -0.1) is 0 Å². The number of benzene rings is 1. The molecule has 2 rings (SSSR count). The van der Waals surface area contributed by atoms with Crippen LogP contribution in [0.15, 0.2) is 36.5 Å². The predicted octanol–water partition coefficient (Wildman–Crippen LogP) is 3.09. The molecule has 4 heteroatoms. The fourth-order valence-corrected chi connectivity index (χ4v) is 1.66. The number of hydrogen-bond donors (Lipinski definition) is 0. The van der Waals surface area contributed by atoms with Crippen LogP contribution in [-0.2, 0) is 6.42 Å². The maximum atomic E-state index is 12.9. The van der Waals surface area contributed by atoms with Gasteiger partial charge in [-0.3, -0.25) is 9.78 Å². The van der Waals surface area contributed by atoms with E-state index in [0.29, 0.717) is 5.56 Å². The summed E-state index contributed by atoms with van der Waals surface area (Å²) in [6.07, 6.45) is 1.13. The summed E-state index contributed by atoms with van der Waals surface area (Å²) >= 11 is 0. The molecule has 1 aromatic heterocycles. The van der Waals surface area contributed by atoms with E-state index in [4.69, 9.17) is 0 Å². The van der Waals surface area contributed by atoms with Crippen LogP contribution >= 0.6 is 0 Å². The van der Waals surface area contributed by atoms with Gasteiger partial charge in [-0.05, 0) is 42.3 Å². The molecule has 0 unspecified atom stereocenters. The van der Waals surface area contributed by atoms with Gasteiger partial charge in [0.15, 0.2) is 5.78 Å². The van der Waals surface area contributed by atoms with Crippen LogP contribution in [0.3, 0.4) is 0 Å². The highest BCUT2D eigenvalue weighted by Gasteiger charge is 2.10. The number of aromatic nitrogens is 1. The van der Waals surface area contributed by atoms with Crippen molar-refractivity contribution in [2.45, 2.75) is 13.3 Å². The molecule has 0 aliphatic carbocycles. The topological polar surface area (TPSA) is 30.0 Å². The van der Waals surface area contributed by atoms with Gasteiger partial charge in [-0.25, -0.2) is 8.78 Å². The van der Waals surface area contributed by atoms with Gasteiger partial charge in [-0.2, -0.15) is 0 Å². The second-order valence-electron chi connectivity index (χ2n) is 4.03. The number of aryl methyl sites for hydroxylation is 1. The third kappa shape index (κ3) is 2.77. The van der Waals surface area contributed by atoms with Crippen LogP contribution in [0.25, 0.3) is 0 Å². The van der Waals surface area contributed by atoms with Crippen molar-refractivity contribution in [3.63, 3.8) is 0 Å². The van der Waals surface area contributed by atoms with E-state index in [-0.39, 0.29) is 23.7 Å². The van der Waals surface area contributed by atoms with E-state index in [1.165, 1.54) is 24.3 Å². The molecule has 1 aromatic carbocycles. The average molecular weight is 247 g/mol. The minimum atomic E-state index is -0.482. The highest BCUT2D eigenvalue weighted by atomic mass is 19.1. The zero-order chi connectivity index (χ0) is 13.1. The zero-order valence-corrected chi connectivity index (χ0v) is 9.78. The summed E-state index contributed by atoms with van der Waals surface area (Å²) in [4.78, 5) is 15.6. The molecule has 18 heavy (non-hydrogen) atoms. The summed E-state index contributed by atoms with van der Waals surface area (Å²) in [5.41, 5.74) is 1.66. The highest BCUT2D eigenvalue weighted by molar-refractivity contribution is 5.95. The first-order valence-electron chi connectivity index (χ1n) is 5.46. The molecule has 0 radical (unpaired) electrons. The number of Topliss-reactive ketones (excluding diaryl/α,β-unsaturated/α-hetero) is 1. The molecule has 0 aliphatic rings. The minimum absolute atomic E-state index is 0.130. The normalized spacial score (nSPS) is 10.4. The largest absolute Gasteiger partial charge is 0.292 e. The lowest BCUT2D eigenvalue weighted by molar-refractivity contribution is 0.0988. The van der Waals surface area contributed by atoms with Gasteiger partial charge < -0.3 is 0 Å². The molecular formula is C14H11F2NO. The van der Waals surface area contributed by atoms with Crippen molar-refractivity contribution in [2.75, 3.05) is 0 Å². The van der Waals surface area contributed by atoms with Gasteiger partial charge >= 0.3 is 0 Å². The molecular weight excluding hydrogens is 236 g/mol. The molecule has 0 bridgehead atoms. The van der Waals surface area contributed by atoms with Crippen molar-refractivity contribution in [1.29, 1.82) is 0 Å². The highest BCUT2D eigenvalue weighted by Crippen LogP contribution is 2.13. The number of nitrogens with zero attached hydrogens (tertiary/aromatic N) is 1. The molecule has 1 heterocycles. The molecule has 0 spiro atoms. The Kier molecular flexibility index (Phi) is 3.46. The SMILES string of the molecule is Cc1cc(F)ccc1CC(=O)c1ccc(F)cn1. The summed E-state index contributed by atoms with van der Waals surface area (Å²) in [6, 6.07) is 6.80. The van der Waals surface area contributed by atoms with Crippen LogP contribution in [0.5, 0.6) is 0 Å². The van der Waals surface area contributed by atoms with Crippen LogP contribution in [0.2, 0.25) is 0 Å². The number of ketones is 1. The van der Waals surface area contributed by atoms with Gasteiger partial charge in [-0.1, -0.05) is 6.07 Å². The number of carbonyl (C=O) groups excluding carboxylic acids is 1. The Hall–Kier alpha value is -2.10. The number of rotatable bonds is 3. The quantitative estimate of drug-likeness (QED) is 0.780. The van der Waals surface area contributed by atoms with Crippen molar-refractivity contribution in [3.8, 4) is 0 Å². The van der Waals surface area contributed by atoms with E-state index in [1.807, 2.05) is 0 Å². The Balaban J connectivity index is 2.18. The smallest absolute Gasteiger partial charge is 0.185 e. The Labute approximate surface area is 103 Å². The molecule has 0 amide bonds. The third-order valence-corrected chi connectivity index (χ3v) is 2.67. The Morgan fingerprint density at radius 1 is 1.17 bits per heavy atom. The van der Waals surface area contributed by atoms with Crippen molar-refractivity contribution in [3.05, 3.63) is 65.0 Å². The van der Waals surface area contributed by atoms with Crippen LogP contribution < -0.4 is 0 Å². The number of halogens is 2. The second kappa shape index (κ2) is 5.04. The summed E-state index contributed by atoms with van der Waals surface area (Å²) in [6.45, 7) is 1.74. The fourth-order valence-electron chi connectivity index (χ4n) is 1.66. The molecule has 0 fully saturated rings. The van der Waals surface area contributed by atoms with Gasteiger partial charge in [0.2, 0.25) is 0 Å². The van der Waals surface area contributed by atoms with Gasteiger partial charge in [0.05, 0.1) is 6.20 Å². The van der Waals surface area contributed by atoms with E-state index >= 15 is 0 Å². The molecule has 0 atom stereocenters. The lowest BCUT2D eigenvalue weighted by atomic mass is 10.0. The standard InChI is InChI=1S/C14H11F2NO/c1-9-6-11(15)3-2-10(9)7-14(18)13-5-4-12(16)8-17-13/h2-6,8H,7H2,1H3. The monoisotopic (exact) mass is 247 g/mol. The van der Waals surface area contributed by atoms with Gasteiger partial charge in [0.25, 0.3) is 0 Å². The lowest BCUT2D eigenvalue weighted by Gasteiger charge is -2.05. The molecule has 92 valence electrons. The van der Waals surface area contributed by atoms with Gasteiger partial charge in [0, 0.05) is 6.42 Å². The van der Waals surface area contributed by atoms with Crippen molar-refractivity contribution >= 4 is 5.78 Å². The second-order valence-corrected chi connectivity index (χ2v) is 4.03. The predicted molar refractivity (Wildman–Crippen MR) is 63.4 cm³/mol.